The molecule has 0 bridgehead atoms. The molecule has 1 aliphatic heterocycles. The lowest BCUT2D eigenvalue weighted by atomic mass is 9.90. The highest BCUT2D eigenvalue weighted by Gasteiger charge is 2.35. The first-order valence-corrected chi connectivity index (χ1v) is 15.3. The first kappa shape index (κ1) is 30.9. The van der Waals surface area contributed by atoms with Crippen molar-refractivity contribution in [3.8, 4) is 0 Å². The molecule has 9 nitrogen and oxygen atoms in total. The first-order valence-electron chi connectivity index (χ1n) is 13.7. The number of likely N-dealkylation sites (N-methyl/N-ethyl adjacent to an activating group) is 1. The van der Waals surface area contributed by atoms with Gasteiger partial charge in [-0.05, 0) is 80.0 Å². The molecule has 0 radical (unpaired) electrons. The van der Waals surface area contributed by atoms with E-state index in [1.54, 1.807) is 54.6 Å². The number of aliphatic imine (C=N–C) groups is 1. The molecule has 4 rings (SSSR count). The third kappa shape index (κ3) is 7.40. The number of rotatable bonds is 13. The molecule has 2 N–H and O–H groups in total. The highest BCUT2D eigenvalue weighted by atomic mass is 32.2. The van der Waals surface area contributed by atoms with Gasteiger partial charge in [0.2, 0.25) is 15.9 Å². The molecule has 1 heterocycles. The maximum atomic E-state index is 13.9. The summed E-state index contributed by atoms with van der Waals surface area (Å²) in [5.74, 6) is -2.49. The highest BCUT2D eigenvalue weighted by molar-refractivity contribution is 7.92. The minimum absolute atomic E-state index is 0.00382. The van der Waals surface area contributed by atoms with Gasteiger partial charge in [0.05, 0.1) is 22.8 Å². The van der Waals surface area contributed by atoms with E-state index in [1.807, 2.05) is 25.9 Å². The number of hydrogen-bond donors (Lipinski definition) is 2. The summed E-state index contributed by atoms with van der Waals surface area (Å²) in [4.78, 5) is 30.9. The highest BCUT2D eigenvalue weighted by Crippen LogP contribution is 2.37. The Morgan fingerprint density at radius 3 is 2.33 bits per heavy atom. The fourth-order valence-corrected chi connectivity index (χ4v) is 6.35. The molecule has 0 saturated heterocycles. The van der Waals surface area contributed by atoms with Crippen molar-refractivity contribution in [3.05, 3.63) is 89.2 Å². The SMILES string of the molecule is CCCS(=O)(=O)N(CCN(C)C)c1ccc(N=C(c2ccc(CCC(=O)O)cc2)C2C(=O)Nc3cc(F)ccc32)cc1. The van der Waals surface area contributed by atoms with Crippen LogP contribution in [-0.2, 0) is 26.0 Å². The molecule has 42 heavy (non-hydrogen) atoms. The van der Waals surface area contributed by atoms with E-state index in [2.05, 4.69) is 5.32 Å². The van der Waals surface area contributed by atoms with Crippen molar-refractivity contribution in [1.82, 2.24) is 4.90 Å². The van der Waals surface area contributed by atoms with Crippen molar-refractivity contribution in [2.24, 2.45) is 4.99 Å². The number of anilines is 2. The number of carboxylic acid groups (broad SMARTS) is 1. The molecule has 1 aliphatic rings. The summed E-state index contributed by atoms with van der Waals surface area (Å²) >= 11 is 0. The van der Waals surface area contributed by atoms with E-state index in [4.69, 9.17) is 10.1 Å². The number of aryl methyl sites for hydroxylation is 1. The Hall–Kier alpha value is -4.09. The van der Waals surface area contributed by atoms with Crippen LogP contribution in [0.2, 0.25) is 0 Å². The first-order chi connectivity index (χ1) is 20.0. The normalized spacial score (nSPS) is 15.0. The second kappa shape index (κ2) is 13.3. The number of aliphatic carboxylic acids is 1. The number of amides is 1. The van der Waals surface area contributed by atoms with Crippen LogP contribution in [0.3, 0.4) is 0 Å². The lowest BCUT2D eigenvalue weighted by molar-refractivity contribution is -0.137. The molecule has 1 amide bonds. The van der Waals surface area contributed by atoms with Crippen LogP contribution in [0.4, 0.5) is 21.5 Å². The summed E-state index contributed by atoms with van der Waals surface area (Å²) in [5.41, 5.74) is 3.90. The monoisotopic (exact) mass is 594 g/mol. The minimum atomic E-state index is -3.52. The quantitative estimate of drug-likeness (QED) is 0.274. The molecular formula is C31H35FN4O5S. The Morgan fingerprint density at radius 1 is 1.02 bits per heavy atom. The van der Waals surface area contributed by atoms with E-state index in [0.717, 1.165) is 5.56 Å². The molecular weight excluding hydrogens is 559 g/mol. The minimum Gasteiger partial charge on any atom is -0.481 e. The fourth-order valence-electron chi connectivity index (χ4n) is 4.82. The lowest BCUT2D eigenvalue weighted by Gasteiger charge is -2.26. The summed E-state index contributed by atoms with van der Waals surface area (Å²) in [6.07, 6.45) is 0.855. The van der Waals surface area contributed by atoms with Crippen LogP contribution >= 0.6 is 0 Å². The van der Waals surface area contributed by atoms with Gasteiger partial charge in [0.15, 0.2) is 0 Å². The van der Waals surface area contributed by atoms with Gasteiger partial charge in [-0.25, -0.2) is 12.8 Å². The van der Waals surface area contributed by atoms with Gasteiger partial charge in [-0.1, -0.05) is 37.3 Å². The van der Waals surface area contributed by atoms with Crippen LogP contribution in [0.15, 0.2) is 71.7 Å². The van der Waals surface area contributed by atoms with Gasteiger partial charge in [-0.15, -0.1) is 0 Å². The largest absolute Gasteiger partial charge is 0.481 e. The predicted octanol–water partition coefficient (Wildman–Crippen LogP) is 4.81. The Morgan fingerprint density at radius 2 is 1.71 bits per heavy atom. The number of carbonyl (C=O) groups is 2. The molecule has 0 spiro atoms. The maximum Gasteiger partial charge on any atom is 0.303 e. The van der Waals surface area contributed by atoms with E-state index >= 15 is 0 Å². The number of carboxylic acids is 1. The summed E-state index contributed by atoms with van der Waals surface area (Å²) in [6.45, 7) is 2.67. The zero-order valence-corrected chi connectivity index (χ0v) is 24.7. The number of halogens is 1. The Balaban J connectivity index is 1.74. The summed E-state index contributed by atoms with van der Waals surface area (Å²) in [6, 6.07) is 18.1. The number of fused-ring (bicyclic) bond motifs is 1. The summed E-state index contributed by atoms with van der Waals surface area (Å²) in [5, 5.41) is 11.8. The average Bonchev–Trinajstić information content (AvgIpc) is 3.25. The molecule has 0 aromatic heterocycles. The number of sulfonamides is 1. The molecule has 11 heteroatoms. The Kier molecular flexibility index (Phi) is 9.74. The molecule has 1 unspecified atom stereocenters. The van der Waals surface area contributed by atoms with Crippen LogP contribution in [-0.4, -0.2) is 69.0 Å². The van der Waals surface area contributed by atoms with Gasteiger partial charge < -0.3 is 15.3 Å². The van der Waals surface area contributed by atoms with Crippen LogP contribution in [0, 0.1) is 5.82 Å². The van der Waals surface area contributed by atoms with Crippen LogP contribution in [0.25, 0.3) is 0 Å². The molecule has 0 aliphatic carbocycles. The van der Waals surface area contributed by atoms with Gasteiger partial charge >= 0.3 is 5.97 Å². The van der Waals surface area contributed by atoms with E-state index in [9.17, 15) is 22.4 Å². The van der Waals surface area contributed by atoms with Crippen molar-refractivity contribution in [2.45, 2.75) is 32.1 Å². The number of nitrogens with one attached hydrogen (secondary N) is 1. The van der Waals surface area contributed by atoms with Crippen molar-refractivity contribution < 1.29 is 27.5 Å². The van der Waals surface area contributed by atoms with Crippen molar-refractivity contribution in [3.63, 3.8) is 0 Å². The molecule has 0 fully saturated rings. The lowest BCUT2D eigenvalue weighted by Crippen LogP contribution is -2.38. The number of nitrogens with zero attached hydrogens (tertiary/aromatic N) is 3. The van der Waals surface area contributed by atoms with Gasteiger partial charge in [0, 0.05) is 25.2 Å². The second-order valence-electron chi connectivity index (χ2n) is 10.4. The van der Waals surface area contributed by atoms with E-state index in [1.165, 1.54) is 16.4 Å². The van der Waals surface area contributed by atoms with Crippen molar-refractivity contribution in [2.75, 3.05) is 42.6 Å². The fraction of sp³-hybridized carbons (Fsp3) is 0.323. The Bertz CT molecular complexity index is 1570. The third-order valence-corrected chi connectivity index (χ3v) is 8.92. The van der Waals surface area contributed by atoms with E-state index < -0.39 is 27.7 Å². The zero-order chi connectivity index (χ0) is 30.4. The van der Waals surface area contributed by atoms with Gasteiger partial charge in [-0.3, -0.25) is 18.9 Å². The molecule has 0 saturated carbocycles. The number of carbonyl (C=O) groups excluding carboxylic acids is 1. The van der Waals surface area contributed by atoms with Crippen molar-refractivity contribution in [1.29, 1.82) is 0 Å². The third-order valence-electron chi connectivity index (χ3n) is 6.93. The Labute approximate surface area is 245 Å². The summed E-state index contributed by atoms with van der Waals surface area (Å²) in [7, 11) is 0.245. The van der Waals surface area contributed by atoms with Gasteiger partial charge in [-0.2, -0.15) is 0 Å². The average molecular weight is 595 g/mol. The standard InChI is InChI=1S/C31H35FN4O5S/c1-4-19-42(40,41)36(18-17-35(2)3)25-13-11-24(12-14-25)33-30(22-8-5-21(6-9-22)7-16-28(37)38)29-26-15-10-23(32)20-27(26)34-31(29)39/h5-6,8-15,20,29H,4,7,16-19H2,1-3H3,(H,34,39)(H,37,38). The summed E-state index contributed by atoms with van der Waals surface area (Å²) < 4.78 is 41.4. The number of hydrogen-bond acceptors (Lipinski definition) is 6. The van der Waals surface area contributed by atoms with Gasteiger partial charge in [0.1, 0.15) is 11.7 Å². The van der Waals surface area contributed by atoms with Crippen molar-refractivity contribution >= 4 is 44.7 Å². The maximum absolute atomic E-state index is 13.9. The van der Waals surface area contributed by atoms with E-state index in [0.29, 0.717) is 59.8 Å². The van der Waals surface area contributed by atoms with Crippen LogP contribution < -0.4 is 9.62 Å². The van der Waals surface area contributed by atoms with E-state index in [-0.39, 0.29) is 18.1 Å². The predicted molar refractivity (Wildman–Crippen MR) is 163 cm³/mol. The second-order valence-corrected chi connectivity index (χ2v) is 12.5. The van der Waals surface area contributed by atoms with Crippen LogP contribution in [0.1, 0.15) is 42.4 Å². The molecule has 3 aromatic rings. The molecule has 1 atom stereocenters. The molecule has 3 aromatic carbocycles. The smallest absolute Gasteiger partial charge is 0.303 e. The van der Waals surface area contributed by atoms with Crippen LogP contribution in [0.5, 0.6) is 0 Å². The zero-order valence-electron chi connectivity index (χ0n) is 23.9. The topological polar surface area (TPSA) is 119 Å². The van der Waals surface area contributed by atoms with Gasteiger partial charge in [0.25, 0.3) is 0 Å². The molecule has 222 valence electrons. The number of benzene rings is 3.